The van der Waals surface area contributed by atoms with Crippen molar-refractivity contribution in [3.05, 3.63) is 77.9 Å². The number of hydrogen-bond acceptors (Lipinski definition) is 6. The highest BCUT2D eigenvalue weighted by molar-refractivity contribution is 5.68. The molecule has 0 bridgehead atoms. The molecule has 8 heteroatoms. The summed E-state index contributed by atoms with van der Waals surface area (Å²) in [5.41, 5.74) is 1.48. The standard InChI is InChI=1S/C30H43FN4O3/c1-22(2)20-37-28-14-10-24(11-15-28)16-32-23(3)35(17-25-8-12-26(31)13-9-25)27-18-33(7)21-34(19-27)29(36)38-30(4,5)6/h8-15,22,27,32H,3,16-21H2,1-2,4-7H3. The molecule has 0 aliphatic carbocycles. The van der Waals surface area contributed by atoms with E-state index in [1.54, 1.807) is 17.0 Å². The number of hydrogen-bond donors (Lipinski definition) is 1. The molecular formula is C30H43FN4O3. The SMILES string of the molecule is C=C(NCc1ccc(OCC(C)C)cc1)N(Cc1ccc(F)cc1)C1CN(C)CN(C(=O)OC(C)(C)C)C1. The van der Waals surface area contributed by atoms with Crippen LogP contribution in [0.15, 0.2) is 60.9 Å². The van der Waals surface area contributed by atoms with Crippen LogP contribution < -0.4 is 10.1 Å². The molecule has 0 saturated carbocycles. The van der Waals surface area contributed by atoms with E-state index in [-0.39, 0.29) is 18.0 Å². The Morgan fingerprint density at radius 1 is 1.11 bits per heavy atom. The molecular weight excluding hydrogens is 483 g/mol. The summed E-state index contributed by atoms with van der Waals surface area (Å²) in [5.74, 6) is 1.79. The molecule has 38 heavy (non-hydrogen) atoms. The highest BCUT2D eigenvalue weighted by Crippen LogP contribution is 2.21. The number of nitrogens with zero attached hydrogens (tertiary/aromatic N) is 3. The van der Waals surface area contributed by atoms with Gasteiger partial charge in [0.25, 0.3) is 0 Å². The molecule has 1 saturated heterocycles. The molecule has 1 unspecified atom stereocenters. The summed E-state index contributed by atoms with van der Waals surface area (Å²) >= 11 is 0. The zero-order chi connectivity index (χ0) is 27.9. The Hall–Kier alpha value is -3.26. The van der Waals surface area contributed by atoms with Crippen LogP contribution in [0.5, 0.6) is 5.75 Å². The number of amides is 1. The maximum atomic E-state index is 13.6. The first-order valence-corrected chi connectivity index (χ1v) is 13.2. The first kappa shape index (κ1) is 29.3. The summed E-state index contributed by atoms with van der Waals surface area (Å²) in [6.45, 7) is 17.7. The van der Waals surface area contributed by atoms with E-state index in [1.165, 1.54) is 12.1 Å². The highest BCUT2D eigenvalue weighted by Gasteiger charge is 2.33. The lowest BCUT2D eigenvalue weighted by Crippen LogP contribution is -2.59. The van der Waals surface area contributed by atoms with Crippen molar-refractivity contribution >= 4 is 6.09 Å². The Labute approximate surface area is 227 Å². The molecule has 0 radical (unpaired) electrons. The van der Waals surface area contributed by atoms with E-state index in [0.717, 1.165) is 29.2 Å². The first-order valence-electron chi connectivity index (χ1n) is 13.2. The molecule has 7 nitrogen and oxygen atoms in total. The van der Waals surface area contributed by atoms with E-state index >= 15 is 0 Å². The molecule has 3 rings (SSSR count). The van der Waals surface area contributed by atoms with Crippen LogP contribution >= 0.6 is 0 Å². The van der Waals surface area contributed by atoms with Gasteiger partial charge in [0, 0.05) is 26.2 Å². The topological polar surface area (TPSA) is 57.3 Å². The fourth-order valence-electron chi connectivity index (χ4n) is 4.24. The Morgan fingerprint density at radius 3 is 2.34 bits per heavy atom. The first-order chi connectivity index (χ1) is 17.9. The van der Waals surface area contributed by atoms with Crippen molar-refractivity contribution < 1.29 is 18.7 Å². The summed E-state index contributed by atoms with van der Waals surface area (Å²) in [7, 11) is 1.98. The summed E-state index contributed by atoms with van der Waals surface area (Å²) in [6, 6.07) is 14.5. The molecule has 1 aliphatic rings. The van der Waals surface area contributed by atoms with E-state index in [0.29, 0.717) is 38.8 Å². The molecule has 0 spiro atoms. The fourth-order valence-corrected chi connectivity index (χ4v) is 4.24. The van der Waals surface area contributed by atoms with Crippen LogP contribution in [0.3, 0.4) is 0 Å². The summed E-state index contributed by atoms with van der Waals surface area (Å²) in [4.78, 5) is 18.9. The normalized spacial score (nSPS) is 16.3. The molecule has 1 heterocycles. The van der Waals surface area contributed by atoms with Crippen molar-refractivity contribution in [1.82, 2.24) is 20.0 Å². The quantitative estimate of drug-likeness (QED) is 0.446. The second kappa shape index (κ2) is 13.0. The molecule has 2 aromatic rings. The van der Waals surface area contributed by atoms with Gasteiger partial charge in [-0.15, -0.1) is 0 Å². The molecule has 208 valence electrons. The van der Waals surface area contributed by atoms with Crippen LogP contribution in [0.25, 0.3) is 0 Å². The van der Waals surface area contributed by atoms with Gasteiger partial charge in [-0.05, 0) is 69.1 Å². The summed E-state index contributed by atoms with van der Waals surface area (Å²) in [5, 5.41) is 3.46. The number of carbonyl (C=O) groups is 1. The van der Waals surface area contributed by atoms with Gasteiger partial charge in [-0.25, -0.2) is 9.18 Å². The fraction of sp³-hybridized carbons (Fsp3) is 0.500. The average molecular weight is 527 g/mol. The number of ether oxygens (including phenoxy) is 2. The molecule has 1 N–H and O–H groups in total. The second-order valence-electron chi connectivity index (χ2n) is 11.4. The van der Waals surface area contributed by atoms with Gasteiger partial charge in [-0.1, -0.05) is 44.7 Å². The maximum Gasteiger partial charge on any atom is 0.411 e. The van der Waals surface area contributed by atoms with Crippen molar-refractivity contribution in [2.75, 3.05) is 33.4 Å². The van der Waals surface area contributed by atoms with Gasteiger partial charge in [0.2, 0.25) is 0 Å². The second-order valence-corrected chi connectivity index (χ2v) is 11.4. The lowest BCUT2D eigenvalue weighted by atomic mass is 10.1. The van der Waals surface area contributed by atoms with Gasteiger partial charge < -0.3 is 19.7 Å². The van der Waals surface area contributed by atoms with Crippen LogP contribution in [0.4, 0.5) is 9.18 Å². The third-order valence-electron chi connectivity index (χ3n) is 6.07. The van der Waals surface area contributed by atoms with Gasteiger partial charge in [-0.2, -0.15) is 0 Å². The van der Waals surface area contributed by atoms with Gasteiger partial charge in [0.05, 0.1) is 25.1 Å². The monoisotopic (exact) mass is 526 g/mol. The molecule has 1 atom stereocenters. The zero-order valence-electron chi connectivity index (χ0n) is 23.7. The van der Waals surface area contributed by atoms with E-state index in [9.17, 15) is 9.18 Å². The minimum absolute atomic E-state index is 0.0434. The van der Waals surface area contributed by atoms with Gasteiger partial charge in [-0.3, -0.25) is 9.80 Å². The van der Waals surface area contributed by atoms with E-state index in [1.807, 2.05) is 52.1 Å². The van der Waals surface area contributed by atoms with Crippen LogP contribution in [-0.4, -0.2) is 65.8 Å². The number of nitrogens with one attached hydrogen (secondary N) is 1. The number of rotatable bonds is 10. The molecule has 2 aromatic carbocycles. The van der Waals surface area contributed by atoms with Crippen LogP contribution in [0.2, 0.25) is 0 Å². The predicted molar refractivity (Wildman–Crippen MR) is 149 cm³/mol. The van der Waals surface area contributed by atoms with Crippen molar-refractivity contribution in [2.24, 2.45) is 5.92 Å². The minimum Gasteiger partial charge on any atom is -0.493 e. The zero-order valence-corrected chi connectivity index (χ0v) is 23.7. The van der Waals surface area contributed by atoms with Crippen molar-refractivity contribution in [3.63, 3.8) is 0 Å². The summed E-state index contributed by atoms with van der Waals surface area (Å²) < 4.78 is 25.0. The highest BCUT2D eigenvalue weighted by atomic mass is 19.1. The number of carbonyl (C=O) groups excluding carboxylic acids is 1. The number of benzene rings is 2. The third kappa shape index (κ3) is 9.24. The number of likely N-dealkylation sites (N-methyl/N-ethyl adjacent to an activating group) is 1. The van der Waals surface area contributed by atoms with Crippen molar-refractivity contribution in [1.29, 1.82) is 0 Å². The van der Waals surface area contributed by atoms with Crippen molar-refractivity contribution in [2.45, 2.75) is 59.4 Å². The van der Waals surface area contributed by atoms with Crippen LogP contribution in [0.1, 0.15) is 45.7 Å². The lowest BCUT2D eigenvalue weighted by molar-refractivity contribution is -0.0112. The average Bonchev–Trinajstić information content (AvgIpc) is 2.85. The van der Waals surface area contributed by atoms with Gasteiger partial charge in [0.15, 0.2) is 0 Å². The Kier molecular flexibility index (Phi) is 10.0. The molecule has 0 aromatic heterocycles. The van der Waals surface area contributed by atoms with Crippen LogP contribution in [0, 0.1) is 11.7 Å². The largest absolute Gasteiger partial charge is 0.493 e. The number of halogens is 1. The van der Waals surface area contributed by atoms with E-state index < -0.39 is 5.60 Å². The lowest BCUT2D eigenvalue weighted by Gasteiger charge is -2.44. The minimum atomic E-state index is -0.572. The maximum absolute atomic E-state index is 13.6. The molecule has 1 aliphatic heterocycles. The molecule has 1 amide bonds. The summed E-state index contributed by atoms with van der Waals surface area (Å²) in [6.07, 6.45) is -0.339. The van der Waals surface area contributed by atoms with Gasteiger partial charge in [0.1, 0.15) is 17.2 Å². The van der Waals surface area contributed by atoms with Crippen molar-refractivity contribution in [3.8, 4) is 5.75 Å². The molecule has 1 fully saturated rings. The Morgan fingerprint density at radius 2 is 1.74 bits per heavy atom. The van der Waals surface area contributed by atoms with Crippen LogP contribution in [-0.2, 0) is 17.8 Å². The van der Waals surface area contributed by atoms with Gasteiger partial charge >= 0.3 is 6.09 Å². The Bertz CT molecular complexity index is 1050. The van der Waals surface area contributed by atoms with E-state index in [4.69, 9.17) is 9.47 Å². The Balaban J connectivity index is 1.73. The van der Waals surface area contributed by atoms with E-state index in [2.05, 4.69) is 35.5 Å². The smallest absolute Gasteiger partial charge is 0.411 e. The third-order valence-corrected chi connectivity index (χ3v) is 6.07. The predicted octanol–water partition coefficient (Wildman–Crippen LogP) is 5.43.